The molecule has 0 saturated carbocycles. The maximum atomic E-state index is 13.3. The van der Waals surface area contributed by atoms with Gasteiger partial charge in [-0.15, -0.1) is 11.6 Å². The van der Waals surface area contributed by atoms with Crippen molar-refractivity contribution in [3.8, 4) is 5.75 Å². The van der Waals surface area contributed by atoms with Gasteiger partial charge in [-0.3, -0.25) is 4.79 Å². The van der Waals surface area contributed by atoms with E-state index >= 15 is 0 Å². The summed E-state index contributed by atoms with van der Waals surface area (Å²) in [6, 6.07) is 1.88. The highest BCUT2D eigenvalue weighted by Gasteiger charge is 2.22. The number of methoxy groups -OCH3 is 1. The van der Waals surface area contributed by atoms with E-state index in [1.807, 2.05) is 0 Å². The number of rotatable bonds is 3. The predicted molar refractivity (Wildman–Crippen MR) is 52.6 cm³/mol. The molecule has 0 bridgehead atoms. The normalized spacial score (nSPS) is 12.3. The molecule has 2 nitrogen and oxygen atoms in total. The third kappa shape index (κ3) is 2.45. The Morgan fingerprint density at radius 2 is 1.87 bits per heavy atom. The molecule has 1 rings (SSSR count). The van der Waals surface area contributed by atoms with E-state index in [0.29, 0.717) is 0 Å². The first-order chi connectivity index (χ1) is 6.97. The predicted octanol–water partition coefficient (Wildman–Crippen LogP) is 2.78. The summed E-state index contributed by atoms with van der Waals surface area (Å²) >= 11 is 5.47. The monoisotopic (exact) mass is 234 g/mol. The van der Waals surface area contributed by atoms with Crippen molar-refractivity contribution in [2.24, 2.45) is 0 Å². The molecular formula is C10H9ClF2O2. The molecule has 0 N–H and O–H groups in total. The molecule has 1 aromatic carbocycles. The summed E-state index contributed by atoms with van der Waals surface area (Å²) in [7, 11) is 1.28. The number of hydrogen-bond acceptors (Lipinski definition) is 2. The van der Waals surface area contributed by atoms with Crippen LogP contribution in [0.15, 0.2) is 12.1 Å². The van der Waals surface area contributed by atoms with Crippen LogP contribution in [-0.4, -0.2) is 18.3 Å². The Bertz CT molecular complexity index is 368. The zero-order valence-electron chi connectivity index (χ0n) is 8.18. The van der Waals surface area contributed by atoms with Gasteiger partial charge in [0.25, 0.3) is 0 Å². The van der Waals surface area contributed by atoms with Crippen LogP contribution in [0.5, 0.6) is 5.75 Å². The summed E-state index contributed by atoms with van der Waals surface area (Å²) < 4.78 is 31.3. The molecular weight excluding hydrogens is 226 g/mol. The number of benzene rings is 1. The molecule has 1 aromatic rings. The van der Waals surface area contributed by atoms with Crippen molar-refractivity contribution in [1.82, 2.24) is 0 Å². The third-order valence-electron chi connectivity index (χ3n) is 1.86. The number of carbonyl (C=O) groups is 1. The smallest absolute Gasteiger partial charge is 0.186 e. The SMILES string of the molecule is COc1cc(F)c(C(=O)C(C)Cl)c(F)c1. The Morgan fingerprint density at radius 3 is 2.20 bits per heavy atom. The highest BCUT2D eigenvalue weighted by atomic mass is 35.5. The molecule has 0 radical (unpaired) electrons. The van der Waals surface area contributed by atoms with Gasteiger partial charge >= 0.3 is 0 Å². The van der Waals surface area contributed by atoms with E-state index in [9.17, 15) is 13.6 Å². The van der Waals surface area contributed by atoms with E-state index < -0.39 is 28.4 Å². The molecule has 5 heteroatoms. The summed E-state index contributed by atoms with van der Waals surface area (Å²) in [5.41, 5.74) is -0.627. The number of alkyl halides is 1. The first kappa shape index (κ1) is 11.9. The summed E-state index contributed by atoms with van der Waals surface area (Å²) in [6.07, 6.45) is 0. The highest BCUT2D eigenvalue weighted by molar-refractivity contribution is 6.33. The second kappa shape index (κ2) is 4.57. The van der Waals surface area contributed by atoms with Crippen LogP contribution in [0.4, 0.5) is 8.78 Å². The third-order valence-corrected chi connectivity index (χ3v) is 2.06. The average molecular weight is 235 g/mol. The summed E-state index contributed by atoms with van der Waals surface area (Å²) in [5, 5.41) is -0.970. The van der Waals surface area contributed by atoms with Gasteiger partial charge in [0, 0.05) is 12.1 Å². The molecule has 0 spiro atoms. The van der Waals surface area contributed by atoms with Crippen LogP contribution in [0.25, 0.3) is 0 Å². The fourth-order valence-corrected chi connectivity index (χ4v) is 1.21. The minimum Gasteiger partial charge on any atom is -0.497 e. The molecule has 0 fully saturated rings. The van der Waals surface area contributed by atoms with Crippen molar-refractivity contribution >= 4 is 17.4 Å². The van der Waals surface area contributed by atoms with Gasteiger partial charge in [0.1, 0.15) is 17.4 Å². The van der Waals surface area contributed by atoms with Crippen molar-refractivity contribution in [2.75, 3.05) is 7.11 Å². The fraction of sp³-hybridized carbons (Fsp3) is 0.300. The molecule has 0 aliphatic rings. The van der Waals surface area contributed by atoms with E-state index in [4.69, 9.17) is 11.6 Å². The van der Waals surface area contributed by atoms with Crippen molar-refractivity contribution in [2.45, 2.75) is 12.3 Å². The first-order valence-electron chi connectivity index (χ1n) is 4.18. The molecule has 0 aromatic heterocycles. The van der Waals surface area contributed by atoms with Crippen molar-refractivity contribution in [3.63, 3.8) is 0 Å². The largest absolute Gasteiger partial charge is 0.497 e. The lowest BCUT2D eigenvalue weighted by Crippen LogP contribution is -2.14. The lowest BCUT2D eigenvalue weighted by Gasteiger charge is -2.07. The van der Waals surface area contributed by atoms with Gasteiger partial charge in [-0.05, 0) is 6.92 Å². The lowest BCUT2D eigenvalue weighted by atomic mass is 10.1. The summed E-state index contributed by atoms with van der Waals surface area (Å²) in [6.45, 7) is 1.35. The van der Waals surface area contributed by atoms with Crippen molar-refractivity contribution in [1.29, 1.82) is 0 Å². The molecule has 1 unspecified atom stereocenters. The zero-order valence-corrected chi connectivity index (χ0v) is 8.94. The van der Waals surface area contributed by atoms with Crippen LogP contribution in [0.1, 0.15) is 17.3 Å². The number of ether oxygens (including phenoxy) is 1. The second-order valence-electron chi connectivity index (χ2n) is 2.95. The topological polar surface area (TPSA) is 26.3 Å². The van der Waals surface area contributed by atoms with E-state index in [1.54, 1.807) is 0 Å². The molecule has 82 valence electrons. The molecule has 1 atom stereocenters. The van der Waals surface area contributed by atoms with Gasteiger partial charge in [-0.25, -0.2) is 8.78 Å². The van der Waals surface area contributed by atoms with E-state index in [-0.39, 0.29) is 5.75 Å². The molecule has 0 aliphatic carbocycles. The van der Waals surface area contributed by atoms with Crippen LogP contribution in [-0.2, 0) is 0 Å². The number of Topliss-reactive ketones (excluding diaryl/α,β-unsaturated/α-hetero) is 1. The van der Waals surface area contributed by atoms with Crippen molar-refractivity contribution in [3.05, 3.63) is 29.3 Å². The number of ketones is 1. The number of halogens is 3. The van der Waals surface area contributed by atoms with Gasteiger partial charge in [0.05, 0.1) is 18.1 Å². The van der Waals surface area contributed by atoms with Gasteiger partial charge in [0.2, 0.25) is 0 Å². The lowest BCUT2D eigenvalue weighted by molar-refractivity contribution is 0.0983. The molecule has 0 amide bonds. The van der Waals surface area contributed by atoms with Gasteiger partial charge in [-0.2, -0.15) is 0 Å². The molecule has 0 heterocycles. The Labute approximate surface area is 90.8 Å². The number of carbonyl (C=O) groups excluding carboxylic acids is 1. The Hall–Kier alpha value is -1.16. The Morgan fingerprint density at radius 1 is 1.40 bits per heavy atom. The van der Waals surface area contributed by atoms with Gasteiger partial charge in [0.15, 0.2) is 5.78 Å². The average Bonchev–Trinajstić information content (AvgIpc) is 2.16. The van der Waals surface area contributed by atoms with E-state index in [0.717, 1.165) is 12.1 Å². The van der Waals surface area contributed by atoms with Crippen molar-refractivity contribution < 1.29 is 18.3 Å². The molecule has 15 heavy (non-hydrogen) atoms. The van der Waals surface area contributed by atoms with Crippen LogP contribution < -0.4 is 4.74 Å². The van der Waals surface area contributed by atoms with E-state index in [2.05, 4.69) is 4.74 Å². The maximum absolute atomic E-state index is 13.3. The standard InChI is InChI=1S/C10H9ClF2O2/c1-5(11)10(14)9-7(12)3-6(15-2)4-8(9)13/h3-5H,1-2H3. The van der Waals surface area contributed by atoms with Crippen LogP contribution in [0, 0.1) is 11.6 Å². The van der Waals surface area contributed by atoms with Gasteiger partial charge < -0.3 is 4.74 Å². The second-order valence-corrected chi connectivity index (χ2v) is 3.60. The summed E-state index contributed by atoms with van der Waals surface area (Å²) in [5.74, 6) is -2.70. The Balaban J connectivity index is 3.25. The maximum Gasteiger partial charge on any atom is 0.186 e. The minimum atomic E-state index is -0.970. The van der Waals surface area contributed by atoms with Crippen LogP contribution in [0.3, 0.4) is 0 Å². The van der Waals surface area contributed by atoms with Crippen LogP contribution in [0.2, 0.25) is 0 Å². The first-order valence-corrected chi connectivity index (χ1v) is 4.62. The van der Waals surface area contributed by atoms with E-state index in [1.165, 1.54) is 14.0 Å². The highest BCUT2D eigenvalue weighted by Crippen LogP contribution is 2.22. The minimum absolute atomic E-state index is 0.0174. The Kier molecular flexibility index (Phi) is 3.63. The van der Waals surface area contributed by atoms with Crippen LogP contribution >= 0.6 is 11.6 Å². The van der Waals surface area contributed by atoms with Gasteiger partial charge in [-0.1, -0.05) is 0 Å². The zero-order chi connectivity index (χ0) is 11.6. The molecule has 0 aliphatic heterocycles. The fourth-order valence-electron chi connectivity index (χ4n) is 1.10. The quantitative estimate of drug-likeness (QED) is 0.594. The summed E-state index contributed by atoms with van der Waals surface area (Å²) in [4.78, 5) is 11.3. The number of hydrogen-bond donors (Lipinski definition) is 0. The molecule has 0 saturated heterocycles.